The van der Waals surface area contributed by atoms with Gasteiger partial charge in [0, 0.05) is 48.1 Å². The Balaban J connectivity index is 0.00000208. The number of phenols is 2. The molecule has 8 bridgehead atoms. The minimum Gasteiger partial charge on any atom is -0.525 e. The van der Waals surface area contributed by atoms with Crippen LogP contribution in [0.4, 0.5) is 0 Å². The molecule has 0 saturated heterocycles. The average molecular weight is 1080 g/mol. The molecule has 2 N–H and O–H groups in total. The monoisotopic (exact) mass is 1080 g/mol. The molecule has 13 rings (SSSR count). The Morgan fingerprint density at radius 1 is 0.574 bits per heavy atom. The van der Waals surface area contributed by atoms with E-state index in [1.807, 2.05) is 0 Å². The Bertz CT molecular complexity index is 2630. The molecule has 1 heterocycles. The third kappa shape index (κ3) is 8.42. The van der Waals surface area contributed by atoms with Crippen LogP contribution in [0.5, 0.6) is 11.5 Å². The van der Waals surface area contributed by atoms with Crippen molar-refractivity contribution in [2.24, 2.45) is 35.5 Å². The molecule has 0 aromatic heterocycles. The van der Waals surface area contributed by atoms with Gasteiger partial charge < -0.3 is 29.8 Å². The molecular weight excluding hydrogens is 997 g/mol. The number of phenolic OH excluding ortho intramolecular Hbond substituents is 2. The molecule has 68 heavy (non-hydrogen) atoms. The fraction of sp³-hybridized carbons (Fsp3) is 0.492. The summed E-state index contributed by atoms with van der Waals surface area (Å²) in [6.45, 7) is 22.9. The van der Waals surface area contributed by atoms with E-state index in [0.29, 0.717) is 11.5 Å². The Kier molecular flexibility index (Phi) is 13.2. The molecule has 5 heteroatoms. The molecule has 0 radical (unpaired) electrons. The van der Waals surface area contributed by atoms with Crippen molar-refractivity contribution in [3.8, 4) is 33.8 Å². The summed E-state index contributed by atoms with van der Waals surface area (Å²) in [6, 6.07) is 23.6. The first-order valence-electron chi connectivity index (χ1n) is 25.2. The van der Waals surface area contributed by atoms with Crippen LogP contribution >= 0.6 is 0 Å². The maximum Gasteiger partial charge on any atom is 0.164 e. The summed E-state index contributed by atoms with van der Waals surface area (Å²) in [4.78, 5) is 0. The number of aromatic hydroxyl groups is 2. The van der Waals surface area contributed by atoms with E-state index in [1.54, 1.807) is 7.11 Å². The second kappa shape index (κ2) is 17.8. The molecule has 4 nitrogen and oxygen atoms in total. The van der Waals surface area contributed by atoms with E-state index in [1.165, 1.54) is 110 Å². The van der Waals surface area contributed by atoms with Gasteiger partial charge in [-0.25, -0.2) is 4.58 Å². The predicted molar refractivity (Wildman–Crippen MR) is 279 cm³/mol. The summed E-state index contributed by atoms with van der Waals surface area (Å²) >= 11 is 0. The summed E-state index contributed by atoms with van der Waals surface area (Å²) in [5, 5.41) is 25.5. The number of nitrogens with zero attached hydrogens (tertiary/aromatic N) is 1. The van der Waals surface area contributed by atoms with Crippen LogP contribution in [0.1, 0.15) is 163 Å². The predicted octanol–water partition coefficient (Wildman–Crippen LogP) is 15.7. The van der Waals surface area contributed by atoms with E-state index < -0.39 is 0 Å². The summed E-state index contributed by atoms with van der Waals surface area (Å²) in [6.07, 6.45) is 19.6. The number of methoxy groups -OCH3 is 1. The molecule has 4 aromatic rings. The van der Waals surface area contributed by atoms with Gasteiger partial charge in [0.2, 0.25) is 0 Å². The summed E-state index contributed by atoms with van der Waals surface area (Å²) in [5.74, 6) is 6.29. The number of aryl methyl sites for hydroxylation is 2. The summed E-state index contributed by atoms with van der Waals surface area (Å²) in [7, 11) is 1.75. The van der Waals surface area contributed by atoms with Gasteiger partial charge >= 0.3 is 0 Å². The first-order valence-corrected chi connectivity index (χ1v) is 25.2. The minimum absolute atomic E-state index is 0. The van der Waals surface area contributed by atoms with Gasteiger partial charge in [-0.1, -0.05) is 113 Å². The van der Waals surface area contributed by atoms with E-state index in [2.05, 4.69) is 133 Å². The van der Waals surface area contributed by atoms with E-state index in [-0.39, 0.29) is 62.4 Å². The molecule has 0 spiro atoms. The van der Waals surface area contributed by atoms with Crippen LogP contribution in [0.25, 0.3) is 28.0 Å². The average Bonchev–Trinajstić information content (AvgIpc) is 3.23. The van der Waals surface area contributed by atoms with Gasteiger partial charge in [0.05, 0.1) is 19.6 Å². The normalized spacial score (nSPS) is 28.9. The first kappa shape index (κ1) is 50.6. The fourth-order valence-electron chi connectivity index (χ4n) is 15.7. The second-order valence-corrected chi connectivity index (χ2v) is 24.9. The van der Waals surface area contributed by atoms with Gasteiger partial charge in [-0.2, -0.15) is 0 Å². The quantitative estimate of drug-likeness (QED) is 0.110. The Morgan fingerprint density at radius 2 is 0.971 bits per heavy atom. The van der Waals surface area contributed by atoms with Gasteiger partial charge in [0.1, 0.15) is 11.5 Å². The van der Waals surface area contributed by atoms with Crippen molar-refractivity contribution in [2.45, 2.75) is 154 Å². The van der Waals surface area contributed by atoms with E-state index in [0.717, 1.165) is 86.4 Å². The van der Waals surface area contributed by atoms with Crippen molar-refractivity contribution in [2.75, 3.05) is 7.11 Å². The van der Waals surface area contributed by atoms with E-state index in [4.69, 9.17) is 11.5 Å². The molecule has 0 amide bonds. The van der Waals surface area contributed by atoms with E-state index >= 15 is 0 Å². The Labute approximate surface area is 429 Å². The van der Waals surface area contributed by atoms with Crippen molar-refractivity contribution in [1.82, 2.24) is 0 Å². The third-order valence-corrected chi connectivity index (χ3v) is 18.0. The molecule has 8 saturated carbocycles. The fourth-order valence-corrected chi connectivity index (χ4v) is 15.7. The largest absolute Gasteiger partial charge is 0.525 e. The first-order chi connectivity index (χ1) is 30.8. The van der Waals surface area contributed by atoms with Crippen molar-refractivity contribution in [3.63, 3.8) is 0 Å². The maximum absolute atomic E-state index is 12.8. The molecular formula is C63H79HfNO3-2. The molecule has 4 aromatic carbocycles. The van der Waals surface area contributed by atoms with Gasteiger partial charge in [-0.15, -0.1) is 0 Å². The molecule has 9 aliphatic rings. The number of hydrogen-bond acceptors (Lipinski definition) is 3. The Morgan fingerprint density at radius 3 is 1.38 bits per heavy atom. The van der Waals surface area contributed by atoms with Crippen LogP contribution < -0.4 is 0 Å². The topological polar surface area (TPSA) is 52.7 Å². The number of rotatable bonds is 7. The van der Waals surface area contributed by atoms with Crippen LogP contribution in [-0.4, -0.2) is 28.6 Å². The zero-order valence-electron chi connectivity index (χ0n) is 43.3. The van der Waals surface area contributed by atoms with Crippen LogP contribution in [-0.2, 0) is 52.2 Å². The van der Waals surface area contributed by atoms with Crippen molar-refractivity contribution in [3.05, 3.63) is 144 Å². The smallest absolute Gasteiger partial charge is 0.164 e. The van der Waals surface area contributed by atoms with Gasteiger partial charge in [0.15, 0.2) is 11.7 Å². The van der Waals surface area contributed by atoms with Crippen molar-refractivity contribution >= 4 is 12.4 Å². The van der Waals surface area contributed by atoms with Gasteiger partial charge in [-0.3, -0.25) is 0 Å². The van der Waals surface area contributed by atoms with Crippen molar-refractivity contribution in [1.29, 1.82) is 0 Å². The van der Waals surface area contributed by atoms with Crippen LogP contribution in [0.2, 0.25) is 0 Å². The zero-order chi connectivity index (χ0) is 45.5. The van der Waals surface area contributed by atoms with Gasteiger partial charge in [0.25, 0.3) is 0 Å². The molecule has 1 aliphatic heterocycles. The SMILES string of the molecule is C=[N+]1C(c2cc(C(C)(C)C)ccc2-c2cc(C)cc(C34CC5CC(CC(C5)C3)C4)c2O)=CC(OC)=C[C-]1c1cc(C(C)(C)C)ccc1-c1cc(C)cc(C23CC4CC(CC(C4)C2)C3)c1O.[CH3-].[CH3-].[Hf]. The van der Waals surface area contributed by atoms with Crippen LogP contribution in [0, 0.1) is 70.3 Å². The van der Waals surface area contributed by atoms with Crippen LogP contribution in [0.15, 0.2) is 78.6 Å². The molecule has 8 aliphatic carbocycles. The molecule has 0 unspecified atom stereocenters. The Hall–Kier alpha value is -3.83. The van der Waals surface area contributed by atoms with Crippen LogP contribution in [0.3, 0.4) is 0 Å². The van der Waals surface area contributed by atoms with Crippen molar-refractivity contribution < 1.29 is 45.4 Å². The van der Waals surface area contributed by atoms with Gasteiger partial charge in [-0.05, 0) is 194 Å². The minimum atomic E-state index is -0.120. The zero-order valence-corrected chi connectivity index (χ0v) is 46.9. The molecule has 360 valence electrons. The third-order valence-electron chi connectivity index (χ3n) is 18.0. The summed E-state index contributed by atoms with van der Waals surface area (Å²) < 4.78 is 8.34. The number of ether oxygens (including phenoxy) is 1. The number of allylic oxidation sites excluding steroid dienone is 1. The number of benzene rings is 4. The number of hydrogen-bond donors (Lipinski definition) is 2. The maximum atomic E-state index is 12.8. The standard InChI is InChI=1S/C61H73NO3.2CH3.Hf/c1-35-15-50(56(63)52(17-35)60-29-37-19-38(30-60)21-39(20-37)31-60)46-13-11-43(58(3,4)5)25-48(46)54-27-45(65-10)28-55(62(54)9)49-26-44(59(6,7)8)12-14-47(49)51-16-36(2)18-53(57(51)64)61-32-40-22-41(33-61)24-42(23-40)34-61;;;/h11-18,25-28,37-42,63-64H,9,19-24,29-34H2,1-8,10H3;2*1H3;/q;2*-1;. The second-order valence-electron chi connectivity index (χ2n) is 24.9. The summed E-state index contributed by atoms with van der Waals surface area (Å²) in [5.41, 5.74) is 13.7. The van der Waals surface area contributed by atoms with E-state index in [9.17, 15) is 10.2 Å². The molecule has 8 fully saturated rings. The molecule has 0 atom stereocenters.